The summed E-state index contributed by atoms with van der Waals surface area (Å²) in [6, 6.07) is 12.6. The van der Waals surface area contributed by atoms with Crippen LogP contribution in [-0.4, -0.2) is 6.61 Å². The second kappa shape index (κ2) is 3.59. The second-order valence-corrected chi connectivity index (χ2v) is 4.50. The molecule has 1 aromatic carbocycles. The summed E-state index contributed by atoms with van der Waals surface area (Å²) in [5.41, 5.74) is 1.09. The van der Waals surface area contributed by atoms with Crippen molar-refractivity contribution >= 4 is 17.0 Å². The number of benzene rings is 1. The van der Waals surface area contributed by atoms with Crippen LogP contribution >= 0.6 is 11.3 Å². The van der Waals surface area contributed by atoms with Gasteiger partial charge in [0.2, 0.25) is 0 Å². The molecular formula is C12H11NOS. The van der Waals surface area contributed by atoms with Crippen LogP contribution in [0.5, 0.6) is 5.75 Å². The summed E-state index contributed by atoms with van der Waals surface area (Å²) in [5.74, 6) is 0.949. The highest BCUT2D eigenvalue weighted by Crippen LogP contribution is 2.34. The lowest BCUT2D eigenvalue weighted by Crippen LogP contribution is -2.22. The average Bonchev–Trinajstić information content (AvgIpc) is 2.82. The van der Waals surface area contributed by atoms with Crippen LogP contribution in [0.2, 0.25) is 0 Å². The molecule has 3 heteroatoms. The van der Waals surface area contributed by atoms with Crippen LogP contribution in [0.25, 0.3) is 0 Å². The number of rotatable bonds is 1. The Labute approximate surface area is 92.5 Å². The minimum absolute atomic E-state index is 0.292. The number of ether oxygens (including phenoxy) is 1. The Morgan fingerprint density at radius 3 is 3.00 bits per heavy atom. The van der Waals surface area contributed by atoms with Gasteiger partial charge in [-0.1, -0.05) is 18.2 Å². The third-order valence-electron chi connectivity index (χ3n) is 2.51. The monoisotopic (exact) mass is 217 g/mol. The van der Waals surface area contributed by atoms with Crippen LogP contribution in [0.4, 0.5) is 5.69 Å². The van der Waals surface area contributed by atoms with Crippen molar-refractivity contribution in [3.05, 3.63) is 46.7 Å². The lowest BCUT2D eigenvalue weighted by molar-refractivity contribution is 0.288. The van der Waals surface area contributed by atoms with E-state index in [1.807, 2.05) is 18.2 Å². The Morgan fingerprint density at radius 1 is 1.20 bits per heavy atom. The van der Waals surface area contributed by atoms with E-state index >= 15 is 0 Å². The van der Waals surface area contributed by atoms with Crippen LogP contribution in [0.3, 0.4) is 0 Å². The molecule has 2 heterocycles. The number of anilines is 1. The van der Waals surface area contributed by atoms with Gasteiger partial charge in [0.25, 0.3) is 0 Å². The van der Waals surface area contributed by atoms with Gasteiger partial charge in [-0.15, -0.1) is 11.3 Å². The molecule has 0 saturated heterocycles. The molecule has 0 fully saturated rings. The third kappa shape index (κ3) is 1.59. The lowest BCUT2D eigenvalue weighted by Gasteiger charge is -2.26. The SMILES string of the molecule is c1csc(C2COc3ccccc3N2)c1. The molecule has 1 aliphatic rings. The molecule has 1 N–H and O–H groups in total. The number of para-hydroxylation sites is 2. The zero-order valence-electron chi connectivity index (χ0n) is 8.14. The summed E-state index contributed by atoms with van der Waals surface area (Å²) in [4.78, 5) is 1.32. The van der Waals surface area contributed by atoms with Gasteiger partial charge >= 0.3 is 0 Å². The minimum Gasteiger partial charge on any atom is -0.489 e. The van der Waals surface area contributed by atoms with E-state index in [1.54, 1.807) is 11.3 Å². The smallest absolute Gasteiger partial charge is 0.142 e. The molecule has 1 unspecified atom stereocenters. The van der Waals surface area contributed by atoms with E-state index in [0.29, 0.717) is 12.6 Å². The second-order valence-electron chi connectivity index (χ2n) is 3.52. The quantitative estimate of drug-likeness (QED) is 0.791. The fourth-order valence-electron chi connectivity index (χ4n) is 1.76. The van der Waals surface area contributed by atoms with Gasteiger partial charge in [-0.3, -0.25) is 0 Å². The molecule has 0 aliphatic carbocycles. The van der Waals surface area contributed by atoms with E-state index in [0.717, 1.165) is 11.4 Å². The average molecular weight is 217 g/mol. The first-order valence-electron chi connectivity index (χ1n) is 4.95. The van der Waals surface area contributed by atoms with Crippen molar-refractivity contribution in [2.24, 2.45) is 0 Å². The predicted molar refractivity (Wildman–Crippen MR) is 62.6 cm³/mol. The fourth-order valence-corrected chi connectivity index (χ4v) is 2.52. The van der Waals surface area contributed by atoms with Gasteiger partial charge in [0.1, 0.15) is 12.4 Å². The van der Waals surface area contributed by atoms with Crippen LogP contribution < -0.4 is 10.1 Å². The van der Waals surface area contributed by atoms with E-state index in [9.17, 15) is 0 Å². The molecule has 15 heavy (non-hydrogen) atoms. The van der Waals surface area contributed by atoms with Crippen molar-refractivity contribution in [1.29, 1.82) is 0 Å². The van der Waals surface area contributed by atoms with E-state index in [1.165, 1.54) is 4.88 Å². The van der Waals surface area contributed by atoms with Crippen molar-refractivity contribution < 1.29 is 4.74 Å². The highest BCUT2D eigenvalue weighted by molar-refractivity contribution is 7.10. The van der Waals surface area contributed by atoms with E-state index in [-0.39, 0.29) is 0 Å². The molecule has 1 aliphatic heterocycles. The predicted octanol–water partition coefficient (Wildman–Crippen LogP) is 3.29. The first-order valence-corrected chi connectivity index (χ1v) is 5.83. The molecule has 0 amide bonds. The fraction of sp³-hybridized carbons (Fsp3) is 0.167. The number of fused-ring (bicyclic) bond motifs is 1. The lowest BCUT2D eigenvalue weighted by atomic mass is 10.2. The first-order chi connectivity index (χ1) is 7.43. The van der Waals surface area contributed by atoms with Gasteiger partial charge in [0, 0.05) is 4.88 Å². The zero-order chi connectivity index (χ0) is 10.1. The first kappa shape index (κ1) is 8.80. The van der Waals surface area contributed by atoms with Crippen molar-refractivity contribution in [1.82, 2.24) is 0 Å². The molecule has 2 aromatic rings. The number of hydrogen-bond donors (Lipinski definition) is 1. The topological polar surface area (TPSA) is 21.3 Å². The Balaban J connectivity index is 1.89. The van der Waals surface area contributed by atoms with Gasteiger partial charge in [-0.05, 0) is 23.6 Å². The van der Waals surface area contributed by atoms with Crippen LogP contribution in [-0.2, 0) is 0 Å². The van der Waals surface area contributed by atoms with Crippen LogP contribution in [0.15, 0.2) is 41.8 Å². The standard InChI is InChI=1S/C12H11NOS/c1-2-5-11-9(4-1)13-10(8-14-11)12-6-3-7-15-12/h1-7,10,13H,8H2. The Bertz CT molecular complexity index is 452. The van der Waals surface area contributed by atoms with Gasteiger partial charge in [0.15, 0.2) is 0 Å². The molecule has 1 atom stereocenters. The van der Waals surface area contributed by atoms with Crippen molar-refractivity contribution in [2.45, 2.75) is 6.04 Å². The molecule has 1 aromatic heterocycles. The maximum absolute atomic E-state index is 5.70. The number of nitrogens with one attached hydrogen (secondary N) is 1. The summed E-state index contributed by atoms with van der Waals surface area (Å²) >= 11 is 1.76. The minimum atomic E-state index is 0.292. The van der Waals surface area contributed by atoms with Gasteiger partial charge in [-0.25, -0.2) is 0 Å². The van der Waals surface area contributed by atoms with E-state index < -0.39 is 0 Å². The van der Waals surface area contributed by atoms with Gasteiger partial charge in [0.05, 0.1) is 11.7 Å². The Kier molecular flexibility index (Phi) is 2.10. The van der Waals surface area contributed by atoms with Gasteiger partial charge < -0.3 is 10.1 Å². The maximum Gasteiger partial charge on any atom is 0.142 e. The molecule has 0 spiro atoms. The third-order valence-corrected chi connectivity index (χ3v) is 3.49. The Hall–Kier alpha value is -1.48. The summed E-state index contributed by atoms with van der Waals surface area (Å²) in [6.45, 7) is 0.706. The zero-order valence-corrected chi connectivity index (χ0v) is 8.96. The van der Waals surface area contributed by atoms with E-state index in [2.05, 4.69) is 28.9 Å². The molecule has 0 saturated carbocycles. The molecular weight excluding hydrogens is 206 g/mol. The maximum atomic E-state index is 5.70. The van der Waals surface area contributed by atoms with Crippen LogP contribution in [0, 0.1) is 0 Å². The molecule has 0 radical (unpaired) electrons. The summed E-state index contributed by atoms with van der Waals surface area (Å²) in [5, 5.41) is 5.58. The molecule has 0 bridgehead atoms. The normalized spacial score (nSPS) is 18.8. The summed E-state index contributed by atoms with van der Waals surface area (Å²) in [7, 11) is 0. The van der Waals surface area contributed by atoms with Crippen LogP contribution in [0.1, 0.15) is 10.9 Å². The highest BCUT2D eigenvalue weighted by Gasteiger charge is 2.20. The number of thiophene rings is 1. The Morgan fingerprint density at radius 2 is 2.13 bits per heavy atom. The number of hydrogen-bond acceptors (Lipinski definition) is 3. The summed E-state index contributed by atoms with van der Waals surface area (Å²) < 4.78 is 5.70. The molecule has 3 rings (SSSR count). The van der Waals surface area contributed by atoms with Crippen molar-refractivity contribution in [3.63, 3.8) is 0 Å². The summed E-state index contributed by atoms with van der Waals surface area (Å²) in [6.07, 6.45) is 0. The van der Waals surface area contributed by atoms with E-state index in [4.69, 9.17) is 4.74 Å². The highest BCUT2D eigenvalue weighted by atomic mass is 32.1. The van der Waals surface area contributed by atoms with Gasteiger partial charge in [-0.2, -0.15) is 0 Å². The largest absolute Gasteiger partial charge is 0.489 e. The molecule has 76 valence electrons. The van der Waals surface area contributed by atoms with Crippen molar-refractivity contribution in [2.75, 3.05) is 11.9 Å². The van der Waals surface area contributed by atoms with Crippen molar-refractivity contribution in [3.8, 4) is 5.75 Å². The molecule has 2 nitrogen and oxygen atoms in total.